The normalized spacial score (nSPS) is 23.4. The number of amides is 1. The number of carbonyl (C=O) groups is 1. The van der Waals surface area contributed by atoms with E-state index in [2.05, 4.69) is 15.3 Å². The van der Waals surface area contributed by atoms with E-state index in [1.54, 1.807) is 29.6 Å². The van der Waals surface area contributed by atoms with E-state index in [0.29, 0.717) is 29.4 Å². The van der Waals surface area contributed by atoms with Crippen LogP contribution in [0.1, 0.15) is 35.0 Å². The Kier molecular flexibility index (Phi) is 5.11. The van der Waals surface area contributed by atoms with E-state index in [4.69, 9.17) is 4.98 Å². The molecule has 1 amide bonds. The number of hydrogen-bond acceptors (Lipinski definition) is 5. The molecule has 0 aliphatic carbocycles. The minimum atomic E-state index is -4.57. The molecule has 3 aromatic rings. The molecule has 33 heavy (non-hydrogen) atoms. The van der Waals surface area contributed by atoms with Gasteiger partial charge in [0.1, 0.15) is 11.6 Å². The minimum absolute atomic E-state index is 0.0430. The van der Waals surface area contributed by atoms with Gasteiger partial charge in [0.2, 0.25) is 5.91 Å². The Hall–Kier alpha value is -3.08. The summed E-state index contributed by atoms with van der Waals surface area (Å²) in [6.45, 7) is 2.76. The molecule has 3 atom stereocenters. The molecular formula is C22H22F4N6O. The number of carbonyl (C=O) groups excluding carboxylic acids is 1. The number of benzene rings is 1. The molecular weight excluding hydrogens is 440 g/mol. The lowest BCUT2D eigenvalue weighted by Gasteiger charge is -2.37. The molecule has 1 aromatic carbocycles. The molecule has 4 heterocycles. The molecule has 11 heteroatoms. The number of imidazole rings is 1. The number of fused-ring (bicyclic) bond motifs is 2. The number of likely N-dealkylation sites (tertiary alicyclic amines) is 1. The van der Waals surface area contributed by atoms with Crippen molar-refractivity contribution in [2.75, 3.05) is 20.1 Å². The lowest BCUT2D eigenvalue weighted by molar-refractivity contribution is -0.138. The summed E-state index contributed by atoms with van der Waals surface area (Å²) in [4.78, 5) is 27.7. The smallest absolute Gasteiger partial charge is 0.344 e. The first-order valence-electron chi connectivity index (χ1n) is 10.7. The Morgan fingerprint density at radius 2 is 2.03 bits per heavy atom. The SMILES string of the molecule is Cc1nc2ncc(C3CN(C)C(=O)C4NCCC43)nc2n1Cc1cc(C(F)(F)F)ccc1F. The van der Waals surface area contributed by atoms with Gasteiger partial charge in [-0.25, -0.2) is 19.3 Å². The number of aryl methyl sites for hydroxylation is 1. The summed E-state index contributed by atoms with van der Waals surface area (Å²) < 4.78 is 55.4. The summed E-state index contributed by atoms with van der Waals surface area (Å²) in [6, 6.07) is 2.10. The maximum absolute atomic E-state index is 14.4. The van der Waals surface area contributed by atoms with Crippen LogP contribution in [0.3, 0.4) is 0 Å². The molecule has 0 bridgehead atoms. The van der Waals surface area contributed by atoms with E-state index in [1.807, 2.05) is 0 Å². The average molecular weight is 462 g/mol. The second-order valence-corrected chi connectivity index (χ2v) is 8.70. The van der Waals surface area contributed by atoms with Crippen LogP contribution >= 0.6 is 0 Å². The van der Waals surface area contributed by atoms with Gasteiger partial charge in [-0.1, -0.05) is 0 Å². The summed E-state index contributed by atoms with van der Waals surface area (Å²) >= 11 is 0. The fourth-order valence-electron chi connectivity index (χ4n) is 4.92. The van der Waals surface area contributed by atoms with Crippen molar-refractivity contribution in [3.8, 4) is 0 Å². The standard InChI is InChI=1S/C22H22F4N6O/c1-11-29-19-20(32(11)9-12-7-13(22(24,25)26)3-4-16(12)23)30-17(8-28-19)15-10-31(2)21(33)18-14(15)5-6-27-18/h3-4,7-8,14-15,18,27H,5-6,9-10H2,1-2H3. The lowest BCUT2D eigenvalue weighted by Crippen LogP contribution is -2.53. The zero-order valence-corrected chi connectivity index (χ0v) is 18.0. The Morgan fingerprint density at radius 1 is 1.24 bits per heavy atom. The topological polar surface area (TPSA) is 75.9 Å². The Morgan fingerprint density at radius 3 is 2.79 bits per heavy atom. The fourth-order valence-corrected chi connectivity index (χ4v) is 4.92. The lowest BCUT2D eigenvalue weighted by atomic mass is 9.80. The number of rotatable bonds is 3. The number of aromatic nitrogens is 4. The van der Waals surface area contributed by atoms with Gasteiger partial charge in [0.05, 0.1) is 30.0 Å². The summed E-state index contributed by atoms with van der Waals surface area (Å²) in [7, 11) is 1.75. The first-order valence-corrected chi connectivity index (χ1v) is 10.7. The third-order valence-electron chi connectivity index (χ3n) is 6.65. The minimum Gasteiger partial charge on any atom is -0.344 e. The first-order chi connectivity index (χ1) is 15.6. The van der Waals surface area contributed by atoms with Gasteiger partial charge in [0.15, 0.2) is 11.3 Å². The number of nitrogens with zero attached hydrogens (tertiary/aromatic N) is 5. The van der Waals surface area contributed by atoms with Crippen LogP contribution in [0.2, 0.25) is 0 Å². The van der Waals surface area contributed by atoms with Gasteiger partial charge in [-0.2, -0.15) is 13.2 Å². The van der Waals surface area contributed by atoms with Crippen molar-refractivity contribution in [2.24, 2.45) is 5.92 Å². The summed E-state index contributed by atoms with van der Waals surface area (Å²) in [5.41, 5.74) is 0.380. The molecule has 2 saturated heterocycles. The predicted octanol–water partition coefficient (Wildman–Crippen LogP) is 2.87. The van der Waals surface area contributed by atoms with Crippen molar-refractivity contribution in [3.05, 3.63) is 52.9 Å². The van der Waals surface area contributed by atoms with E-state index in [0.717, 1.165) is 31.2 Å². The maximum Gasteiger partial charge on any atom is 0.416 e. The van der Waals surface area contributed by atoms with Crippen LogP contribution in [0.4, 0.5) is 17.6 Å². The van der Waals surface area contributed by atoms with Crippen molar-refractivity contribution >= 4 is 17.2 Å². The Labute approximate surface area is 186 Å². The van der Waals surface area contributed by atoms with Gasteiger partial charge in [-0.3, -0.25) is 4.79 Å². The zero-order valence-electron chi connectivity index (χ0n) is 18.0. The van der Waals surface area contributed by atoms with Crippen LogP contribution in [-0.2, 0) is 17.5 Å². The molecule has 5 rings (SSSR count). The number of hydrogen-bond donors (Lipinski definition) is 1. The van der Waals surface area contributed by atoms with Gasteiger partial charge >= 0.3 is 6.18 Å². The molecule has 0 saturated carbocycles. The maximum atomic E-state index is 14.4. The third kappa shape index (κ3) is 3.73. The highest BCUT2D eigenvalue weighted by molar-refractivity contribution is 5.83. The van der Waals surface area contributed by atoms with E-state index in [9.17, 15) is 22.4 Å². The van der Waals surface area contributed by atoms with Crippen LogP contribution in [0, 0.1) is 18.7 Å². The molecule has 2 fully saturated rings. The predicted molar refractivity (Wildman–Crippen MR) is 111 cm³/mol. The largest absolute Gasteiger partial charge is 0.416 e. The first kappa shape index (κ1) is 21.7. The van der Waals surface area contributed by atoms with Gasteiger partial charge < -0.3 is 14.8 Å². The Balaban J connectivity index is 1.54. The third-order valence-corrected chi connectivity index (χ3v) is 6.65. The molecule has 2 aliphatic rings. The van der Waals surface area contributed by atoms with Crippen LogP contribution in [0.15, 0.2) is 24.4 Å². The number of likely N-dealkylation sites (N-methyl/N-ethyl adjacent to an activating group) is 1. The highest BCUT2D eigenvalue weighted by Gasteiger charge is 2.45. The van der Waals surface area contributed by atoms with Gasteiger partial charge in [-0.05, 0) is 44.0 Å². The van der Waals surface area contributed by atoms with E-state index in [1.165, 1.54) is 0 Å². The quantitative estimate of drug-likeness (QED) is 0.606. The van der Waals surface area contributed by atoms with Crippen molar-refractivity contribution in [1.82, 2.24) is 29.7 Å². The number of alkyl halides is 3. The zero-order chi connectivity index (χ0) is 23.5. The van der Waals surface area contributed by atoms with Crippen LogP contribution in [0.5, 0.6) is 0 Å². The van der Waals surface area contributed by atoms with Crippen LogP contribution < -0.4 is 5.32 Å². The van der Waals surface area contributed by atoms with E-state index in [-0.39, 0.29) is 35.9 Å². The van der Waals surface area contributed by atoms with Crippen molar-refractivity contribution in [2.45, 2.75) is 38.0 Å². The number of piperidine rings is 1. The molecule has 174 valence electrons. The molecule has 3 unspecified atom stereocenters. The molecule has 0 spiro atoms. The molecule has 7 nitrogen and oxygen atoms in total. The summed E-state index contributed by atoms with van der Waals surface area (Å²) in [5, 5.41) is 3.26. The van der Waals surface area contributed by atoms with Crippen molar-refractivity contribution < 1.29 is 22.4 Å². The van der Waals surface area contributed by atoms with Gasteiger partial charge in [0, 0.05) is 25.1 Å². The van der Waals surface area contributed by atoms with Crippen LogP contribution in [-0.4, -0.2) is 56.5 Å². The van der Waals surface area contributed by atoms with E-state index >= 15 is 0 Å². The Bertz CT molecular complexity index is 1240. The molecule has 2 aliphatic heterocycles. The fraction of sp³-hybridized carbons (Fsp3) is 0.455. The molecule has 1 N–H and O–H groups in total. The van der Waals surface area contributed by atoms with E-state index < -0.39 is 17.6 Å². The summed E-state index contributed by atoms with van der Waals surface area (Å²) in [5.74, 6) is -0.169. The summed E-state index contributed by atoms with van der Waals surface area (Å²) in [6.07, 6.45) is -2.09. The number of halogens is 4. The van der Waals surface area contributed by atoms with Crippen LogP contribution in [0.25, 0.3) is 11.3 Å². The number of nitrogens with one attached hydrogen (secondary N) is 1. The van der Waals surface area contributed by atoms with Gasteiger partial charge in [-0.15, -0.1) is 0 Å². The average Bonchev–Trinajstić information content (AvgIpc) is 3.36. The highest BCUT2D eigenvalue weighted by atomic mass is 19.4. The van der Waals surface area contributed by atoms with Crippen molar-refractivity contribution in [3.63, 3.8) is 0 Å². The second-order valence-electron chi connectivity index (χ2n) is 8.70. The van der Waals surface area contributed by atoms with Gasteiger partial charge in [0.25, 0.3) is 0 Å². The molecule has 2 aromatic heterocycles. The van der Waals surface area contributed by atoms with Crippen molar-refractivity contribution in [1.29, 1.82) is 0 Å². The molecule has 0 radical (unpaired) electrons. The monoisotopic (exact) mass is 462 g/mol. The highest BCUT2D eigenvalue weighted by Crippen LogP contribution is 2.37. The second kappa shape index (κ2) is 7.75.